The van der Waals surface area contributed by atoms with Crippen LogP contribution in [0.3, 0.4) is 0 Å². The summed E-state index contributed by atoms with van der Waals surface area (Å²) < 4.78 is 39.5. The van der Waals surface area contributed by atoms with Gasteiger partial charge in [0.15, 0.2) is 11.5 Å². The molecule has 0 aliphatic carbocycles. The number of hydrogen-bond donors (Lipinski definition) is 2. The zero-order valence-electron chi connectivity index (χ0n) is 18.7. The largest absolute Gasteiger partial charge is 0.486 e. The van der Waals surface area contributed by atoms with Gasteiger partial charge in [0.05, 0.1) is 16.1 Å². The topological polar surface area (TPSA) is 97.0 Å². The van der Waals surface area contributed by atoms with Crippen LogP contribution in [0, 0.1) is 0 Å². The maximum Gasteiger partial charge on any atom is 0.262 e. The van der Waals surface area contributed by atoms with Gasteiger partial charge in [-0.2, -0.15) is 0 Å². The van der Waals surface area contributed by atoms with Gasteiger partial charge in [0, 0.05) is 12.6 Å². The van der Waals surface area contributed by atoms with E-state index in [4.69, 9.17) is 9.47 Å². The van der Waals surface area contributed by atoms with Gasteiger partial charge in [0.2, 0.25) is 0 Å². The first kappa shape index (κ1) is 23.4. The standard InChI is InChI=1S/C24H31N3O5S/c28-24(25-12-7-15-27-13-5-1-2-6-14-27)20-8-3-4-9-21(20)26-33(29,30)19-10-11-22-23(18-19)32-17-16-31-22/h3-4,8-11,18,26H,1-2,5-7,12-17H2,(H,25,28). The Balaban J connectivity index is 1.38. The highest BCUT2D eigenvalue weighted by Gasteiger charge is 2.22. The molecule has 0 spiro atoms. The third-order valence-corrected chi connectivity index (χ3v) is 7.24. The number of carbonyl (C=O) groups excluding carboxylic acids is 1. The molecule has 2 N–H and O–H groups in total. The minimum Gasteiger partial charge on any atom is -0.486 e. The Kier molecular flexibility index (Phi) is 7.72. The maximum absolute atomic E-state index is 13.0. The van der Waals surface area contributed by atoms with E-state index in [2.05, 4.69) is 14.9 Å². The van der Waals surface area contributed by atoms with E-state index in [9.17, 15) is 13.2 Å². The van der Waals surface area contributed by atoms with Gasteiger partial charge in [-0.1, -0.05) is 25.0 Å². The Morgan fingerprint density at radius 2 is 1.67 bits per heavy atom. The number of nitrogens with one attached hydrogen (secondary N) is 2. The fourth-order valence-corrected chi connectivity index (χ4v) is 5.22. The van der Waals surface area contributed by atoms with Crippen molar-refractivity contribution in [2.45, 2.75) is 37.0 Å². The molecule has 0 atom stereocenters. The predicted octanol–water partition coefficient (Wildman–Crippen LogP) is 3.25. The molecule has 0 radical (unpaired) electrons. The van der Waals surface area contributed by atoms with Gasteiger partial charge in [0.1, 0.15) is 13.2 Å². The highest BCUT2D eigenvalue weighted by atomic mass is 32.2. The van der Waals surface area contributed by atoms with Crippen molar-refractivity contribution in [1.82, 2.24) is 10.2 Å². The summed E-state index contributed by atoms with van der Waals surface area (Å²) in [4.78, 5) is 15.3. The molecule has 178 valence electrons. The van der Waals surface area contributed by atoms with Crippen LogP contribution in [-0.2, 0) is 10.0 Å². The van der Waals surface area contributed by atoms with Crippen molar-refractivity contribution < 1.29 is 22.7 Å². The first-order chi connectivity index (χ1) is 16.0. The van der Waals surface area contributed by atoms with E-state index in [1.165, 1.54) is 37.8 Å². The summed E-state index contributed by atoms with van der Waals surface area (Å²) in [5.41, 5.74) is 0.519. The molecule has 0 unspecified atom stereocenters. The maximum atomic E-state index is 13.0. The average molecular weight is 474 g/mol. The summed E-state index contributed by atoms with van der Waals surface area (Å²) in [6.45, 7) is 4.54. The molecule has 1 amide bonds. The Hall–Kier alpha value is -2.78. The fraction of sp³-hybridized carbons (Fsp3) is 0.458. The van der Waals surface area contributed by atoms with E-state index in [1.54, 1.807) is 30.3 Å². The Morgan fingerprint density at radius 3 is 2.45 bits per heavy atom. The smallest absolute Gasteiger partial charge is 0.262 e. The van der Waals surface area contributed by atoms with Gasteiger partial charge in [-0.3, -0.25) is 9.52 Å². The zero-order chi connectivity index (χ0) is 23.1. The number of rotatable bonds is 8. The van der Waals surface area contributed by atoms with E-state index in [-0.39, 0.29) is 22.1 Å². The average Bonchev–Trinajstić information content (AvgIpc) is 3.10. The summed E-state index contributed by atoms with van der Waals surface area (Å²) in [5.74, 6) is 0.603. The molecule has 8 nitrogen and oxygen atoms in total. The lowest BCUT2D eigenvalue weighted by Crippen LogP contribution is -2.31. The van der Waals surface area contributed by atoms with Crippen LogP contribution < -0.4 is 19.5 Å². The zero-order valence-corrected chi connectivity index (χ0v) is 19.5. The van der Waals surface area contributed by atoms with Crippen LogP contribution in [-0.4, -0.2) is 58.6 Å². The van der Waals surface area contributed by atoms with Gasteiger partial charge in [-0.25, -0.2) is 8.42 Å². The summed E-state index contributed by atoms with van der Waals surface area (Å²) >= 11 is 0. The monoisotopic (exact) mass is 473 g/mol. The molecule has 2 heterocycles. The van der Waals surface area contributed by atoms with Crippen LogP contribution in [0.2, 0.25) is 0 Å². The summed E-state index contributed by atoms with van der Waals surface area (Å²) in [6, 6.07) is 11.1. The summed E-state index contributed by atoms with van der Waals surface area (Å²) in [7, 11) is -3.92. The van der Waals surface area contributed by atoms with Crippen molar-refractivity contribution in [3.63, 3.8) is 0 Å². The van der Waals surface area contributed by atoms with Crippen LogP contribution in [0.4, 0.5) is 5.69 Å². The minimum atomic E-state index is -3.92. The molecule has 1 fully saturated rings. The van der Waals surface area contributed by atoms with Crippen LogP contribution >= 0.6 is 0 Å². The first-order valence-corrected chi connectivity index (χ1v) is 13.0. The first-order valence-electron chi connectivity index (χ1n) is 11.5. The molecule has 9 heteroatoms. The summed E-state index contributed by atoms with van der Waals surface area (Å²) in [6.07, 6.45) is 5.93. The number of hydrogen-bond acceptors (Lipinski definition) is 6. The lowest BCUT2D eigenvalue weighted by Gasteiger charge is -2.20. The Bertz CT molecular complexity index is 1070. The molecular weight excluding hydrogens is 442 g/mol. The van der Waals surface area contributed by atoms with Crippen LogP contribution in [0.25, 0.3) is 0 Å². The molecule has 2 aliphatic heterocycles. The predicted molar refractivity (Wildman–Crippen MR) is 127 cm³/mol. The van der Waals surface area contributed by atoms with E-state index in [0.29, 0.717) is 31.3 Å². The van der Waals surface area contributed by atoms with Crippen LogP contribution in [0.5, 0.6) is 11.5 Å². The number of ether oxygens (including phenoxy) is 2. The number of fused-ring (bicyclic) bond motifs is 1. The van der Waals surface area contributed by atoms with Crippen LogP contribution in [0.1, 0.15) is 42.5 Å². The highest BCUT2D eigenvalue weighted by molar-refractivity contribution is 7.92. The second-order valence-electron chi connectivity index (χ2n) is 8.32. The van der Waals surface area contributed by atoms with E-state index in [1.807, 2.05) is 0 Å². The minimum absolute atomic E-state index is 0.0411. The number of nitrogens with zero attached hydrogens (tertiary/aromatic N) is 1. The molecule has 2 aromatic carbocycles. The Morgan fingerprint density at radius 1 is 0.939 bits per heavy atom. The molecular formula is C24H31N3O5S. The molecule has 2 aromatic rings. The van der Waals surface area contributed by atoms with E-state index < -0.39 is 10.0 Å². The number of para-hydroxylation sites is 1. The molecule has 0 saturated carbocycles. The van der Waals surface area contributed by atoms with Gasteiger partial charge in [-0.05, 0) is 63.2 Å². The molecule has 4 rings (SSSR count). The van der Waals surface area contributed by atoms with E-state index >= 15 is 0 Å². The molecule has 33 heavy (non-hydrogen) atoms. The quantitative estimate of drug-likeness (QED) is 0.572. The normalized spacial score (nSPS) is 16.6. The highest BCUT2D eigenvalue weighted by Crippen LogP contribution is 2.33. The second-order valence-corrected chi connectivity index (χ2v) is 10.0. The second kappa shape index (κ2) is 10.9. The van der Waals surface area contributed by atoms with Crippen molar-refractivity contribution in [2.75, 3.05) is 44.1 Å². The molecule has 2 aliphatic rings. The molecule has 0 bridgehead atoms. The van der Waals surface area contributed by atoms with Crippen molar-refractivity contribution in [2.24, 2.45) is 0 Å². The summed E-state index contributed by atoms with van der Waals surface area (Å²) in [5, 5.41) is 2.92. The SMILES string of the molecule is O=C(NCCCN1CCCCCC1)c1ccccc1NS(=O)(=O)c1ccc2c(c1)OCCO2. The van der Waals surface area contributed by atoms with Crippen molar-refractivity contribution >= 4 is 21.6 Å². The Labute approximate surface area is 195 Å². The molecule has 1 saturated heterocycles. The number of sulfonamides is 1. The lowest BCUT2D eigenvalue weighted by molar-refractivity contribution is 0.0952. The van der Waals surface area contributed by atoms with Crippen molar-refractivity contribution in [3.05, 3.63) is 48.0 Å². The third kappa shape index (κ3) is 6.17. The number of benzene rings is 2. The third-order valence-electron chi connectivity index (χ3n) is 5.88. The molecule has 0 aromatic heterocycles. The fourth-order valence-electron chi connectivity index (χ4n) is 4.12. The van der Waals surface area contributed by atoms with E-state index in [0.717, 1.165) is 26.1 Å². The number of anilines is 1. The lowest BCUT2D eigenvalue weighted by atomic mass is 10.1. The van der Waals surface area contributed by atoms with Crippen molar-refractivity contribution in [3.8, 4) is 11.5 Å². The van der Waals surface area contributed by atoms with Gasteiger partial charge in [0.25, 0.3) is 15.9 Å². The van der Waals surface area contributed by atoms with Crippen LogP contribution in [0.15, 0.2) is 47.4 Å². The number of carbonyl (C=O) groups is 1. The number of amides is 1. The van der Waals surface area contributed by atoms with Gasteiger partial charge < -0.3 is 19.7 Å². The van der Waals surface area contributed by atoms with Gasteiger partial charge >= 0.3 is 0 Å². The van der Waals surface area contributed by atoms with Crippen molar-refractivity contribution in [1.29, 1.82) is 0 Å². The van der Waals surface area contributed by atoms with Gasteiger partial charge in [-0.15, -0.1) is 0 Å². The number of likely N-dealkylation sites (tertiary alicyclic amines) is 1.